The van der Waals surface area contributed by atoms with Gasteiger partial charge >= 0.3 is 0 Å². The Balaban J connectivity index is 4.26. The van der Waals surface area contributed by atoms with Crippen molar-refractivity contribution in [1.82, 2.24) is 0 Å². The van der Waals surface area contributed by atoms with E-state index in [-0.39, 0.29) is 17.0 Å². The molecule has 114 valence electrons. The van der Waals surface area contributed by atoms with Crippen molar-refractivity contribution in [3.05, 3.63) is 12.3 Å². The first-order valence-electron chi connectivity index (χ1n) is 7.15. The van der Waals surface area contributed by atoms with Crippen LogP contribution in [0.15, 0.2) is 12.3 Å². The molecule has 0 aliphatic heterocycles. The molecule has 4 nitrogen and oxygen atoms in total. The zero-order valence-electron chi connectivity index (χ0n) is 13.0. The van der Waals surface area contributed by atoms with Gasteiger partial charge in [-0.25, -0.2) is 0 Å². The van der Waals surface area contributed by atoms with E-state index in [1.165, 1.54) is 0 Å². The lowest BCUT2D eigenvalue weighted by atomic mass is 9.96. The topological polar surface area (TPSA) is 64.7 Å². The van der Waals surface area contributed by atoms with Gasteiger partial charge in [0.15, 0.2) is 0 Å². The molecule has 19 heavy (non-hydrogen) atoms. The summed E-state index contributed by atoms with van der Waals surface area (Å²) in [5, 5.41) is 9.33. The lowest BCUT2D eigenvalue weighted by Crippen LogP contribution is -2.35. The monoisotopic (exact) mass is 273 g/mol. The standard InChI is InChI=1S/C15H31NO3/c1-6-14(4,19-11-9-16)8-10-18-15(5,7-2)12-13(3)17/h17H,3,6-12,16H2,1-2,4-5H3. The van der Waals surface area contributed by atoms with Crippen molar-refractivity contribution in [3.8, 4) is 0 Å². The van der Waals surface area contributed by atoms with Crippen LogP contribution in [-0.4, -0.2) is 36.1 Å². The number of aliphatic hydroxyl groups excluding tert-OH is 1. The highest BCUT2D eigenvalue weighted by Crippen LogP contribution is 2.26. The van der Waals surface area contributed by atoms with Crippen LogP contribution >= 0.6 is 0 Å². The van der Waals surface area contributed by atoms with E-state index in [0.717, 1.165) is 19.3 Å². The molecule has 0 aliphatic carbocycles. The lowest BCUT2D eigenvalue weighted by Gasteiger charge is -2.32. The Kier molecular flexibility index (Phi) is 8.30. The van der Waals surface area contributed by atoms with Gasteiger partial charge in [-0.2, -0.15) is 0 Å². The Morgan fingerprint density at radius 3 is 2.05 bits per heavy atom. The molecule has 4 heteroatoms. The SMILES string of the molecule is C=C(O)CC(C)(CC)OCCC(C)(CC)OCCN. The number of hydrogen-bond donors (Lipinski definition) is 2. The third-order valence-electron chi connectivity index (χ3n) is 3.72. The normalized spacial score (nSPS) is 17.7. The molecule has 2 unspecified atom stereocenters. The molecule has 0 heterocycles. The van der Waals surface area contributed by atoms with E-state index in [9.17, 15) is 5.11 Å². The Bertz CT molecular complexity index is 270. The zero-order chi connectivity index (χ0) is 14.9. The molecule has 3 N–H and O–H groups in total. The second-order valence-corrected chi connectivity index (χ2v) is 5.59. The summed E-state index contributed by atoms with van der Waals surface area (Å²) in [6.07, 6.45) is 3.04. The highest BCUT2D eigenvalue weighted by atomic mass is 16.5. The Morgan fingerprint density at radius 1 is 1.11 bits per heavy atom. The minimum Gasteiger partial charge on any atom is -0.513 e. The van der Waals surface area contributed by atoms with Crippen LogP contribution in [0, 0.1) is 0 Å². The lowest BCUT2D eigenvalue weighted by molar-refractivity contribution is -0.0879. The Labute approximate surface area is 118 Å². The first-order chi connectivity index (χ1) is 8.81. The van der Waals surface area contributed by atoms with E-state index in [4.69, 9.17) is 15.2 Å². The highest BCUT2D eigenvalue weighted by molar-refractivity contribution is 4.90. The second kappa shape index (κ2) is 8.56. The molecule has 2 atom stereocenters. The summed E-state index contributed by atoms with van der Waals surface area (Å²) in [5.74, 6) is 0.169. The molecule has 0 aromatic carbocycles. The fourth-order valence-corrected chi connectivity index (χ4v) is 1.88. The van der Waals surface area contributed by atoms with Crippen LogP contribution in [0.4, 0.5) is 0 Å². The van der Waals surface area contributed by atoms with Crippen LogP contribution in [0.1, 0.15) is 53.4 Å². The maximum Gasteiger partial charge on any atom is 0.0879 e. The molecule has 0 aromatic heterocycles. The first kappa shape index (κ1) is 18.4. The Morgan fingerprint density at radius 2 is 1.63 bits per heavy atom. The van der Waals surface area contributed by atoms with E-state index >= 15 is 0 Å². The summed E-state index contributed by atoms with van der Waals surface area (Å²) >= 11 is 0. The van der Waals surface area contributed by atoms with Crippen molar-refractivity contribution in [3.63, 3.8) is 0 Å². The maximum absolute atomic E-state index is 9.33. The van der Waals surface area contributed by atoms with Crippen molar-refractivity contribution in [2.24, 2.45) is 5.73 Å². The van der Waals surface area contributed by atoms with Crippen molar-refractivity contribution in [2.45, 2.75) is 64.6 Å². The molecular formula is C15H31NO3. The van der Waals surface area contributed by atoms with E-state index in [1.54, 1.807) is 0 Å². The molecule has 0 rings (SSSR count). The summed E-state index contributed by atoms with van der Waals surface area (Å²) in [7, 11) is 0. The van der Waals surface area contributed by atoms with E-state index < -0.39 is 0 Å². The van der Waals surface area contributed by atoms with Gasteiger partial charge in [-0.1, -0.05) is 20.4 Å². The number of aliphatic hydroxyl groups is 1. The van der Waals surface area contributed by atoms with E-state index in [0.29, 0.717) is 26.2 Å². The zero-order valence-corrected chi connectivity index (χ0v) is 13.0. The number of ether oxygens (including phenoxy) is 2. The second-order valence-electron chi connectivity index (χ2n) is 5.59. The largest absolute Gasteiger partial charge is 0.513 e. The van der Waals surface area contributed by atoms with Crippen molar-refractivity contribution in [2.75, 3.05) is 19.8 Å². The minimum absolute atomic E-state index is 0.169. The van der Waals surface area contributed by atoms with Gasteiger partial charge in [-0.05, 0) is 33.1 Å². The predicted octanol–water partition coefficient (Wildman–Crippen LogP) is 3.17. The van der Waals surface area contributed by atoms with Crippen LogP contribution in [0.2, 0.25) is 0 Å². The maximum atomic E-state index is 9.33. The number of hydrogen-bond acceptors (Lipinski definition) is 4. The van der Waals surface area contributed by atoms with Gasteiger partial charge in [-0.3, -0.25) is 0 Å². The smallest absolute Gasteiger partial charge is 0.0879 e. The molecule has 0 fully saturated rings. The predicted molar refractivity (Wildman–Crippen MR) is 79.4 cm³/mol. The minimum atomic E-state index is -0.353. The van der Waals surface area contributed by atoms with Crippen LogP contribution in [0.25, 0.3) is 0 Å². The molecule has 0 aliphatic rings. The van der Waals surface area contributed by atoms with Gasteiger partial charge in [-0.15, -0.1) is 0 Å². The molecular weight excluding hydrogens is 242 g/mol. The molecule has 0 radical (unpaired) electrons. The third kappa shape index (κ3) is 7.55. The third-order valence-corrected chi connectivity index (χ3v) is 3.72. The van der Waals surface area contributed by atoms with Gasteiger partial charge in [0.2, 0.25) is 0 Å². The Hall–Kier alpha value is -0.580. The molecule has 0 saturated carbocycles. The van der Waals surface area contributed by atoms with Crippen LogP contribution in [0.3, 0.4) is 0 Å². The number of rotatable bonds is 11. The summed E-state index contributed by atoms with van der Waals surface area (Å²) < 4.78 is 11.7. The van der Waals surface area contributed by atoms with Gasteiger partial charge < -0.3 is 20.3 Å². The van der Waals surface area contributed by atoms with E-state index in [1.807, 2.05) is 13.8 Å². The highest BCUT2D eigenvalue weighted by Gasteiger charge is 2.27. The first-order valence-corrected chi connectivity index (χ1v) is 7.15. The summed E-state index contributed by atoms with van der Waals surface area (Å²) in [6, 6.07) is 0. The molecule has 0 saturated heterocycles. The summed E-state index contributed by atoms with van der Waals surface area (Å²) in [4.78, 5) is 0. The summed E-state index contributed by atoms with van der Waals surface area (Å²) in [6.45, 7) is 13.5. The fraction of sp³-hybridized carbons (Fsp3) is 0.867. The van der Waals surface area contributed by atoms with Crippen LogP contribution in [-0.2, 0) is 9.47 Å². The average molecular weight is 273 g/mol. The molecule has 0 aromatic rings. The van der Waals surface area contributed by atoms with Crippen LogP contribution in [0.5, 0.6) is 0 Å². The van der Waals surface area contributed by atoms with Crippen molar-refractivity contribution < 1.29 is 14.6 Å². The molecule has 0 spiro atoms. The average Bonchev–Trinajstić information content (AvgIpc) is 2.35. The van der Waals surface area contributed by atoms with Crippen molar-refractivity contribution >= 4 is 0 Å². The fourth-order valence-electron chi connectivity index (χ4n) is 1.88. The van der Waals surface area contributed by atoms with Crippen LogP contribution < -0.4 is 5.73 Å². The molecule has 0 amide bonds. The summed E-state index contributed by atoms with van der Waals surface area (Å²) in [5.41, 5.74) is 4.93. The molecule has 0 bridgehead atoms. The van der Waals surface area contributed by atoms with Gasteiger partial charge in [0.05, 0.1) is 30.2 Å². The van der Waals surface area contributed by atoms with E-state index in [2.05, 4.69) is 20.4 Å². The van der Waals surface area contributed by atoms with Gasteiger partial charge in [0.25, 0.3) is 0 Å². The van der Waals surface area contributed by atoms with Gasteiger partial charge in [0.1, 0.15) is 0 Å². The van der Waals surface area contributed by atoms with Gasteiger partial charge in [0, 0.05) is 13.0 Å². The quantitative estimate of drug-likeness (QED) is 0.568. The van der Waals surface area contributed by atoms with Crippen molar-refractivity contribution in [1.29, 1.82) is 0 Å². The number of nitrogens with two attached hydrogens (primary N) is 1.